The average Bonchev–Trinajstić information content (AvgIpc) is 2.22. The summed E-state index contributed by atoms with van der Waals surface area (Å²) < 4.78 is 0. The molecule has 2 rings (SSSR count). The summed E-state index contributed by atoms with van der Waals surface area (Å²) in [6.45, 7) is 7.41. The third-order valence-corrected chi connectivity index (χ3v) is 4.57. The Morgan fingerprint density at radius 3 is 2.53 bits per heavy atom. The smallest absolute Gasteiger partial charge is 0.0110 e. The summed E-state index contributed by atoms with van der Waals surface area (Å²) in [6, 6.07) is 1.27. The fraction of sp³-hybridized carbons (Fsp3) is 1.00. The van der Waals surface area contributed by atoms with E-state index in [-0.39, 0.29) is 0 Å². The molecule has 1 aliphatic carbocycles. The summed E-state index contributed by atoms with van der Waals surface area (Å²) in [4.78, 5) is 2.71. The Morgan fingerprint density at radius 2 is 1.87 bits per heavy atom. The predicted octanol–water partition coefficient (Wildman–Crippen LogP) is 2.23. The predicted molar refractivity (Wildman–Crippen MR) is 64.7 cm³/mol. The van der Waals surface area contributed by atoms with Crippen LogP contribution in [0.2, 0.25) is 0 Å². The minimum absolute atomic E-state index is 0.471. The molecular formula is C13H26N2. The van der Waals surface area contributed by atoms with Gasteiger partial charge in [0.15, 0.2) is 0 Å². The zero-order chi connectivity index (χ0) is 10.8. The van der Waals surface area contributed by atoms with Gasteiger partial charge >= 0.3 is 0 Å². The van der Waals surface area contributed by atoms with Crippen molar-refractivity contribution >= 4 is 0 Å². The largest absolute Gasteiger partial charge is 0.328 e. The van der Waals surface area contributed by atoms with Gasteiger partial charge in [0.05, 0.1) is 0 Å². The first-order chi connectivity index (χ1) is 7.16. The van der Waals surface area contributed by atoms with E-state index in [4.69, 9.17) is 5.73 Å². The van der Waals surface area contributed by atoms with Crippen LogP contribution < -0.4 is 5.73 Å². The standard InChI is InChI=1S/C13H26N2/c1-10-6-7-15(9-11(10)2)13-5-3-4-12(14)8-13/h10-13H,3-9,14H2,1-2H3. The van der Waals surface area contributed by atoms with Gasteiger partial charge in [0.1, 0.15) is 0 Å². The number of hydrogen-bond donors (Lipinski definition) is 1. The van der Waals surface area contributed by atoms with Gasteiger partial charge in [-0.05, 0) is 44.1 Å². The van der Waals surface area contributed by atoms with Crippen LogP contribution in [-0.2, 0) is 0 Å². The monoisotopic (exact) mass is 210 g/mol. The topological polar surface area (TPSA) is 29.3 Å². The number of piperidine rings is 1. The summed E-state index contributed by atoms with van der Waals surface area (Å²) in [5.74, 6) is 1.79. The summed E-state index contributed by atoms with van der Waals surface area (Å²) in [7, 11) is 0. The highest BCUT2D eigenvalue weighted by atomic mass is 15.2. The lowest BCUT2D eigenvalue weighted by Crippen LogP contribution is -2.48. The molecule has 2 aliphatic rings. The van der Waals surface area contributed by atoms with Crippen LogP contribution in [0.5, 0.6) is 0 Å². The first-order valence-electron chi connectivity index (χ1n) is 6.66. The SMILES string of the molecule is CC1CCN(C2CCCC(N)C2)CC1C. The third kappa shape index (κ3) is 2.73. The van der Waals surface area contributed by atoms with Crippen molar-refractivity contribution in [2.45, 2.75) is 58.0 Å². The average molecular weight is 210 g/mol. The Kier molecular flexibility index (Phi) is 3.68. The molecule has 1 heterocycles. The van der Waals surface area contributed by atoms with Crippen molar-refractivity contribution in [3.05, 3.63) is 0 Å². The Labute approximate surface area is 94.2 Å². The molecule has 2 heteroatoms. The third-order valence-electron chi connectivity index (χ3n) is 4.57. The molecule has 2 fully saturated rings. The van der Waals surface area contributed by atoms with Crippen LogP contribution in [0, 0.1) is 11.8 Å². The highest BCUT2D eigenvalue weighted by Gasteiger charge is 2.30. The Morgan fingerprint density at radius 1 is 1.07 bits per heavy atom. The van der Waals surface area contributed by atoms with E-state index in [1.54, 1.807) is 0 Å². The van der Waals surface area contributed by atoms with E-state index in [9.17, 15) is 0 Å². The van der Waals surface area contributed by atoms with Gasteiger partial charge in [-0.3, -0.25) is 0 Å². The second kappa shape index (κ2) is 4.84. The second-order valence-corrected chi connectivity index (χ2v) is 5.82. The molecule has 0 spiro atoms. The Balaban J connectivity index is 1.87. The van der Waals surface area contributed by atoms with Crippen LogP contribution in [0.25, 0.3) is 0 Å². The number of hydrogen-bond acceptors (Lipinski definition) is 2. The molecule has 0 aromatic heterocycles. The van der Waals surface area contributed by atoms with Crippen molar-refractivity contribution in [3.8, 4) is 0 Å². The second-order valence-electron chi connectivity index (χ2n) is 5.82. The van der Waals surface area contributed by atoms with E-state index in [0.29, 0.717) is 6.04 Å². The molecule has 0 radical (unpaired) electrons. The lowest BCUT2D eigenvalue weighted by Gasteiger charge is -2.42. The van der Waals surface area contributed by atoms with Crippen molar-refractivity contribution in [3.63, 3.8) is 0 Å². The van der Waals surface area contributed by atoms with Gasteiger partial charge in [-0.15, -0.1) is 0 Å². The fourth-order valence-corrected chi connectivity index (χ4v) is 3.16. The maximum Gasteiger partial charge on any atom is 0.0110 e. The van der Waals surface area contributed by atoms with Gasteiger partial charge in [0, 0.05) is 18.6 Å². The Hall–Kier alpha value is -0.0800. The zero-order valence-corrected chi connectivity index (χ0v) is 10.3. The minimum Gasteiger partial charge on any atom is -0.328 e. The van der Waals surface area contributed by atoms with E-state index in [1.165, 1.54) is 45.2 Å². The summed E-state index contributed by atoms with van der Waals surface area (Å²) in [5.41, 5.74) is 6.07. The molecule has 1 saturated heterocycles. The van der Waals surface area contributed by atoms with Crippen LogP contribution in [0.1, 0.15) is 46.0 Å². The summed E-state index contributed by atoms with van der Waals surface area (Å²) >= 11 is 0. The molecule has 1 aliphatic heterocycles. The van der Waals surface area contributed by atoms with Crippen molar-refractivity contribution < 1.29 is 0 Å². The maximum absolute atomic E-state index is 6.07. The normalized spacial score (nSPS) is 44.2. The van der Waals surface area contributed by atoms with Crippen LogP contribution in [0.3, 0.4) is 0 Å². The van der Waals surface area contributed by atoms with Crippen molar-refractivity contribution in [1.29, 1.82) is 0 Å². The number of rotatable bonds is 1. The molecule has 1 saturated carbocycles. The number of nitrogens with zero attached hydrogens (tertiary/aromatic N) is 1. The molecule has 4 unspecified atom stereocenters. The molecule has 88 valence electrons. The fourth-order valence-electron chi connectivity index (χ4n) is 3.16. The molecular weight excluding hydrogens is 184 g/mol. The van der Waals surface area contributed by atoms with Crippen molar-refractivity contribution in [2.24, 2.45) is 17.6 Å². The lowest BCUT2D eigenvalue weighted by molar-refractivity contribution is 0.0726. The van der Waals surface area contributed by atoms with Crippen LogP contribution >= 0.6 is 0 Å². The van der Waals surface area contributed by atoms with Crippen LogP contribution in [0.4, 0.5) is 0 Å². The molecule has 0 amide bonds. The number of likely N-dealkylation sites (tertiary alicyclic amines) is 1. The van der Waals surface area contributed by atoms with Gasteiger partial charge in [-0.2, -0.15) is 0 Å². The molecule has 0 bridgehead atoms. The minimum atomic E-state index is 0.471. The van der Waals surface area contributed by atoms with E-state index < -0.39 is 0 Å². The lowest BCUT2D eigenvalue weighted by atomic mass is 9.84. The molecule has 2 N–H and O–H groups in total. The van der Waals surface area contributed by atoms with E-state index in [0.717, 1.165) is 17.9 Å². The van der Waals surface area contributed by atoms with E-state index in [1.807, 2.05) is 0 Å². The van der Waals surface area contributed by atoms with Gasteiger partial charge in [-0.1, -0.05) is 20.3 Å². The number of nitrogens with two attached hydrogens (primary N) is 1. The van der Waals surface area contributed by atoms with Crippen LogP contribution in [-0.4, -0.2) is 30.1 Å². The Bertz CT molecular complexity index is 205. The first kappa shape index (κ1) is 11.4. The highest BCUT2D eigenvalue weighted by Crippen LogP contribution is 2.29. The van der Waals surface area contributed by atoms with Gasteiger partial charge in [0.25, 0.3) is 0 Å². The summed E-state index contributed by atoms with van der Waals surface area (Å²) in [6.07, 6.45) is 6.59. The van der Waals surface area contributed by atoms with Gasteiger partial charge in [0.2, 0.25) is 0 Å². The van der Waals surface area contributed by atoms with E-state index >= 15 is 0 Å². The molecule has 15 heavy (non-hydrogen) atoms. The summed E-state index contributed by atoms with van der Waals surface area (Å²) in [5, 5.41) is 0. The van der Waals surface area contributed by atoms with Crippen molar-refractivity contribution in [2.75, 3.05) is 13.1 Å². The molecule has 2 nitrogen and oxygen atoms in total. The van der Waals surface area contributed by atoms with Crippen molar-refractivity contribution in [1.82, 2.24) is 4.90 Å². The molecule has 0 aromatic rings. The van der Waals surface area contributed by atoms with E-state index in [2.05, 4.69) is 18.7 Å². The highest BCUT2D eigenvalue weighted by molar-refractivity contribution is 4.86. The van der Waals surface area contributed by atoms with Crippen LogP contribution in [0.15, 0.2) is 0 Å². The first-order valence-corrected chi connectivity index (χ1v) is 6.66. The zero-order valence-electron chi connectivity index (χ0n) is 10.3. The van der Waals surface area contributed by atoms with Gasteiger partial charge in [-0.25, -0.2) is 0 Å². The molecule has 0 aromatic carbocycles. The maximum atomic E-state index is 6.07. The quantitative estimate of drug-likeness (QED) is 0.719. The van der Waals surface area contributed by atoms with Gasteiger partial charge < -0.3 is 10.6 Å². The molecule has 4 atom stereocenters.